The Labute approximate surface area is 247 Å². The van der Waals surface area contributed by atoms with Crippen molar-refractivity contribution in [2.45, 2.75) is 39.8 Å². The van der Waals surface area contributed by atoms with Gasteiger partial charge in [0.1, 0.15) is 13.1 Å². The van der Waals surface area contributed by atoms with E-state index in [1.54, 1.807) is 24.3 Å². The Kier molecular flexibility index (Phi) is 9.14. The largest absolute Gasteiger partial charge is 0.322 e. The molecule has 0 saturated heterocycles. The molecule has 0 spiro atoms. The van der Waals surface area contributed by atoms with Crippen molar-refractivity contribution in [3.63, 3.8) is 0 Å². The van der Waals surface area contributed by atoms with Crippen LogP contribution in [0.4, 0.5) is 11.4 Å². The number of carbonyl (C=O) groups excluding carboxylic acids is 2. The summed E-state index contributed by atoms with van der Waals surface area (Å²) in [6.45, 7) is 6.32. The van der Waals surface area contributed by atoms with Gasteiger partial charge < -0.3 is 10.6 Å². The van der Waals surface area contributed by atoms with Gasteiger partial charge in [-0.1, -0.05) is 38.1 Å². The summed E-state index contributed by atoms with van der Waals surface area (Å²) < 4.78 is 4.33. The predicted octanol–water partition coefficient (Wildman–Crippen LogP) is 6.92. The van der Waals surface area contributed by atoms with Crippen LogP contribution in [0.1, 0.15) is 47.4 Å². The van der Waals surface area contributed by atoms with Crippen LogP contribution in [0.5, 0.6) is 0 Å². The molecule has 210 valence electrons. The number of carbonyl (C=O) groups is 2. The van der Waals surface area contributed by atoms with Crippen molar-refractivity contribution < 1.29 is 18.7 Å². The molecule has 0 bridgehead atoms. The summed E-state index contributed by atoms with van der Waals surface area (Å²) >= 11 is 0. The molecule has 2 heterocycles. The Hall–Kier alpha value is -5.10. The molecule has 6 heteroatoms. The molecule has 0 radical (unpaired) electrons. The minimum atomic E-state index is -0.230. The second-order valence-corrected chi connectivity index (χ2v) is 10.3. The fourth-order valence-electron chi connectivity index (χ4n) is 4.79. The molecule has 2 amide bonds. The van der Waals surface area contributed by atoms with Gasteiger partial charge in [-0.15, -0.1) is 0 Å². The molecular formula is C36H36N4O2+2. The molecule has 2 N–H and O–H groups in total. The maximum absolute atomic E-state index is 12.8. The average molecular weight is 557 g/mol. The van der Waals surface area contributed by atoms with Gasteiger partial charge in [0.25, 0.3) is 11.8 Å². The molecule has 0 fully saturated rings. The first-order valence-corrected chi connectivity index (χ1v) is 14.4. The predicted molar refractivity (Wildman–Crippen MR) is 167 cm³/mol. The molecule has 0 aliphatic heterocycles. The number of rotatable bonds is 10. The third-order valence-electron chi connectivity index (χ3n) is 7.11. The molecule has 0 unspecified atom stereocenters. The standard InChI is InChI=1S/C36H34N4O2/c1-3-21-39-23-17-29(18-24-39)27-9-13-33(14-10-27)37-35(41)31-5-7-32(8-6-31)36(42)38-34-15-11-28(12-16-34)30-19-25-40(22-4-2)26-20-30/h5-20,23-26H,3-4,21-22H2,1-2H3/p+2. The van der Waals surface area contributed by atoms with Crippen molar-refractivity contribution in [2.75, 3.05) is 10.6 Å². The van der Waals surface area contributed by atoms with Crippen molar-refractivity contribution in [3.05, 3.63) is 133 Å². The van der Waals surface area contributed by atoms with E-state index < -0.39 is 0 Å². The van der Waals surface area contributed by atoms with Crippen LogP contribution in [-0.4, -0.2) is 11.8 Å². The molecule has 42 heavy (non-hydrogen) atoms. The summed E-state index contributed by atoms with van der Waals surface area (Å²) in [5.41, 5.74) is 6.80. The van der Waals surface area contributed by atoms with E-state index in [1.807, 2.05) is 48.5 Å². The highest BCUT2D eigenvalue weighted by Crippen LogP contribution is 2.22. The SMILES string of the molecule is CCC[n+]1ccc(-c2ccc(NC(=O)c3ccc(C(=O)Nc4ccc(-c5cc[n+](CCC)cc5)cc4)cc3)cc2)cc1. The van der Waals surface area contributed by atoms with Gasteiger partial charge in [-0.05, 0) is 70.8 Å². The molecule has 0 aliphatic rings. The molecule has 3 aromatic carbocycles. The number of pyridine rings is 2. The van der Waals surface area contributed by atoms with E-state index in [2.05, 4.69) is 82.7 Å². The van der Waals surface area contributed by atoms with E-state index in [0.717, 1.165) is 48.2 Å². The van der Waals surface area contributed by atoms with Crippen LogP contribution in [0, 0.1) is 0 Å². The zero-order chi connectivity index (χ0) is 29.3. The van der Waals surface area contributed by atoms with Gasteiger partial charge in [0.2, 0.25) is 0 Å². The molecular weight excluding hydrogens is 520 g/mol. The Morgan fingerprint density at radius 1 is 0.476 bits per heavy atom. The molecule has 0 saturated carbocycles. The number of hydrogen-bond acceptors (Lipinski definition) is 2. The number of amides is 2. The second-order valence-electron chi connectivity index (χ2n) is 10.3. The van der Waals surface area contributed by atoms with E-state index in [1.165, 1.54) is 0 Å². The summed E-state index contributed by atoms with van der Waals surface area (Å²) in [6.07, 6.45) is 10.5. The summed E-state index contributed by atoms with van der Waals surface area (Å²) in [7, 11) is 0. The second kappa shape index (κ2) is 13.5. The number of hydrogen-bond donors (Lipinski definition) is 2. The van der Waals surface area contributed by atoms with E-state index in [4.69, 9.17) is 0 Å². The lowest BCUT2D eigenvalue weighted by atomic mass is 10.1. The van der Waals surface area contributed by atoms with Gasteiger partial charge in [0, 0.05) is 59.6 Å². The summed E-state index contributed by atoms with van der Waals surface area (Å²) in [4.78, 5) is 25.6. The first-order valence-electron chi connectivity index (χ1n) is 14.4. The van der Waals surface area contributed by atoms with Crippen LogP contribution in [0.25, 0.3) is 22.3 Å². The monoisotopic (exact) mass is 556 g/mol. The number of nitrogens with one attached hydrogen (secondary N) is 2. The minimum absolute atomic E-state index is 0.230. The average Bonchev–Trinajstić information content (AvgIpc) is 3.03. The van der Waals surface area contributed by atoms with Gasteiger partial charge >= 0.3 is 0 Å². The van der Waals surface area contributed by atoms with Crippen molar-refractivity contribution in [3.8, 4) is 22.3 Å². The van der Waals surface area contributed by atoms with Gasteiger partial charge in [-0.25, -0.2) is 9.13 Å². The maximum Gasteiger partial charge on any atom is 0.255 e. The van der Waals surface area contributed by atoms with Crippen molar-refractivity contribution in [1.82, 2.24) is 0 Å². The number of benzene rings is 3. The summed E-state index contributed by atoms with van der Waals surface area (Å²) in [5.74, 6) is -0.460. The fourth-order valence-corrected chi connectivity index (χ4v) is 4.79. The Morgan fingerprint density at radius 2 is 0.786 bits per heavy atom. The zero-order valence-electron chi connectivity index (χ0n) is 24.1. The summed E-state index contributed by atoms with van der Waals surface area (Å²) in [5, 5.41) is 5.87. The molecule has 0 aliphatic carbocycles. The number of anilines is 2. The smallest absolute Gasteiger partial charge is 0.255 e. The first kappa shape index (κ1) is 28.4. The van der Waals surface area contributed by atoms with Gasteiger partial charge in [0.05, 0.1) is 0 Å². The van der Waals surface area contributed by atoms with E-state index >= 15 is 0 Å². The van der Waals surface area contributed by atoms with Crippen LogP contribution < -0.4 is 19.8 Å². The molecule has 6 nitrogen and oxygen atoms in total. The Balaban J connectivity index is 1.16. The van der Waals surface area contributed by atoms with Crippen LogP contribution in [0.3, 0.4) is 0 Å². The molecule has 2 aromatic heterocycles. The molecule has 0 atom stereocenters. The van der Waals surface area contributed by atoms with Crippen LogP contribution in [-0.2, 0) is 13.1 Å². The minimum Gasteiger partial charge on any atom is -0.322 e. The van der Waals surface area contributed by atoms with Gasteiger partial charge in [-0.2, -0.15) is 0 Å². The van der Waals surface area contributed by atoms with E-state index in [0.29, 0.717) is 22.5 Å². The quantitative estimate of drug-likeness (QED) is 0.183. The van der Waals surface area contributed by atoms with Crippen molar-refractivity contribution in [2.24, 2.45) is 0 Å². The highest BCUT2D eigenvalue weighted by atomic mass is 16.2. The Morgan fingerprint density at radius 3 is 1.10 bits per heavy atom. The molecule has 5 aromatic rings. The van der Waals surface area contributed by atoms with E-state index in [9.17, 15) is 9.59 Å². The third kappa shape index (κ3) is 7.15. The Bertz CT molecular complexity index is 1500. The fraction of sp³-hybridized carbons (Fsp3) is 0.167. The topological polar surface area (TPSA) is 66.0 Å². The third-order valence-corrected chi connectivity index (χ3v) is 7.11. The summed E-state index contributed by atoms with van der Waals surface area (Å²) in [6, 6.07) is 30.6. The lowest BCUT2D eigenvalue weighted by molar-refractivity contribution is -0.697. The van der Waals surface area contributed by atoms with Crippen molar-refractivity contribution in [1.29, 1.82) is 0 Å². The lowest BCUT2D eigenvalue weighted by Gasteiger charge is -2.09. The zero-order valence-corrected chi connectivity index (χ0v) is 24.1. The van der Waals surface area contributed by atoms with E-state index in [-0.39, 0.29) is 11.8 Å². The van der Waals surface area contributed by atoms with Crippen LogP contribution >= 0.6 is 0 Å². The van der Waals surface area contributed by atoms with Gasteiger partial charge in [0.15, 0.2) is 24.8 Å². The number of aromatic nitrogens is 2. The van der Waals surface area contributed by atoms with Gasteiger partial charge in [-0.3, -0.25) is 9.59 Å². The maximum atomic E-state index is 12.8. The highest BCUT2D eigenvalue weighted by Gasteiger charge is 2.11. The normalized spacial score (nSPS) is 10.7. The van der Waals surface area contributed by atoms with Crippen LogP contribution in [0.15, 0.2) is 122 Å². The molecule has 5 rings (SSSR count). The van der Waals surface area contributed by atoms with Crippen LogP contribution in [0.2, 0.25) is 0 Å². The number of nitrogens with zero attached hydrogens (tertiary/aromatic N) is 2. The lowest BCUT2D eigenvalue weighted by Crippen LogP contribution is -2.31. The first-order chi connectivity index (χ1) is 20.5. The number of aryl methyl sites for hydroxylation is 2. The van der Waals surface area contributed by atoms with Crippen molar-refractivity contribution >= 4 is 23.2 Å². The highest BCUT2D eigenvalue weighted by molar-refractivity contribution is 6.07.